The quantitative estimate of drug-likeness (QED) is 0.279. The average molecular weight is 359 g/mol. The third-order valence-electron chi connectivity index (χ3n) is 4.46. The van der Waals surface area contributed by atoms with Gasteiger partial charge in [0.1, 0.15) is 11.7 Å². The van der Waals surface area contributed by atoms with Crippen molar-refractivity contribution in [3.8, 4) is 0 Å². The summed E-state index contributed by atoms with van der Waals surface area (Å²) in [5.41, 5.74) is -0.592. The molecule has 0 radical (unpaired) electrons. The van der Waals surface area contributed by atoms with Crippen LogP contribution in [0.15, 0.2) is 0 Å². The largest absolute Gasteiger partial charge is 0.458 e. The van der Waals surface area contributed by atoms with Crippen LogP contribution in [0.5, 0.6) is 0 Å². The van der Waals surface area contributed by atoms with Crippen molar-refractivity contribution in [1.82, 2.24) is 0 Å². The molecular weight excluding hydrogens is 316 g/mol. The van der Waals surface area contributed by atoms with Gasteiger partial charge in [-0.3, -0.25) is 0 Å². The molecule has 0 amide bonds. The number of hydrogen-bond acceptors (Lipinski definition) is 4. The summed E-state index contributed by atoms with van der Waals surface area (Å²) in [6.07, 6.45) is 14.2. The second-order valence-corrected chi connectivity index (χ2v) is 7.75. The first-order chi connectivity index (χ1) is 11.9. The van der Waals surface area contributed by atoms with Crippen LogP contribution in [0.25, 0.3) is 0 Å². The van der Waals surface area contributed by atoms with E-state index in [2.05, 4.69) is 6.92 Å². The molecule has 150 valence electrons. The molecule has 1 N–H and O–H groups in total. The molecule has 0 aliphatic carbocycles. The Hall–Kier alpha value is -0.610. The molecule has 0 aromatic rings. The third-order valence-corrected chi connectivity index (χ3v) is 4.46. The first-order valence-electron chi connectivity index (χ1n) is 10.4. The molecule has 0 unspecified atom stereocenters. The van der Waals surface area contributed by atoms with E-state index < -0.39 is 17.7 Å². The van der Waals surface area contributed by atoms with Crippen molar-refractivity contribution >= 4 is 5.97 Å². The lowest BCUT2D eigenvalue weighted by molar-refractivity contribution is -0.167. The highest BCUT2D eigenvalue weighted by Gasteiger charge is 2.24. The highest BCUT2D eigenvalue weighted by molar-refractivity contribution is 5.74. The van der Waals surface area contributed by atoms with E-state index in [4.69, 9.17) is 9.47 Å². The molecule has 0 bridgehead atoms. The number of rotatable bonds is 17. The van der Waals surface area contributed by atoms with Gasteiger partial charge in [-0.25, -0.2) is 4.79 Å². The van der Waals surface area contributed by atoms with Crippen LogP contribution in [0.4, 0.5) is 0 Å². The van der Waals surface area contributed by atoms with Gasteiger partial charge in [-0.05, 0) is 27.2 Å². The number of unbranched alkanes of at least 4 members (excludes halogenated alkanes) is 10. The number of carbonyl (C=O) groups excluding carboxylic acids is 1. The standard InChI is InChI=1S/C21H42O4/c1-5-6-7-8-9-10-11-12-13-14-15-17-24-18-16-21(3,4)25-20(23)19(2)22/h19,22H,5-18H2,1-4H3/t19-/m0/s1. The Morgan fingerprint density at radius 3 is 1.84 bits per heavy atom. The Labute approximate surface area is 155 Å². The fourth-order valence-electron chi connectivity index (χ4n) is 2.70. The predicted molar refractivity (Wildman–Crippen MR) is 104 cm³/mol. The van der Waals surface area contributed by atoms with Crippen LogP contribution in [-0.2, 0) is 14.3 Å². The van der Waals surface area contributed by atoms with Gasteiger partial charge in [0.2, 0.25) is 0 Å². The molecule has 0 aliphatic heterocycles. The van der Waals surface area contributed by atoms with Gasteiger partial charge in [0.05, 0.1) is 6.61 Å². The highest BCUT2D eigenvalue weighted by Crippen LogP contribution is 2.16. The monoisotopic (exact) mass is 358 g/mol. The maximum atomic E-state index is 11.4. The zero-order chi connectivity index (χ0) is 19.0. The van der Waals surface area contributed by atoms with Crippen LogP contribution in [0.3, 0.4) is 0 Å². The van der Waals surface area contributed by atoms with Crippen molar-refractivity contribution in [2.24, 2.45) is 0 Å². The van der Waals surface area contributed by atoms with Gasteiger partial charge in [0.15, 0.2) is 0 Å². The fraction of sp³-hybridized carbons (Fsp3) is 0.952. The molecule has 0 heterocycles. The second kappa shape index (κ2) is 15.6. The van der Waals surface area contributed by atoms with E-state index in [-0.39, 0.29) is 0 Å². The number of ether oxygens (including phenoxy) is 2. The molecule has 25 heavy (non-hydrogen) atoms. The van der Waals surface area contributed by atoms with Gasteiger partial charge in [-0.2, -0.15) is 0 Å². The minimum absolute atomic E-state index is 0.574. The highest BCUT2D eigenvalue weighted by atomic mass is 16.6. The van der Waals surface area contributed by atoms with E-state index in [0.717, 1.165) is 13.0 Å². The fourth-order valence-corrected chi connectivity index (χ4v) is 2.70. The van der Waals surface area contributed by atoms with Crippen LogP contribution in [0.2, 0.25) is 0 Å². The molecule has 0 aromatic heterocycles. The summed E-state index contributed by atoms with van der Waals surface area (Å²) in [6.45, 7) is 8.73. The van der Waals surface area contributed by atoms with Crippen LogP contribution in [0.1, 0.15) is 105 Å². The summed E-state index contributed by atoms with van der Waals surface area (Å²) in [4.78, 5) is 11.4. The van der Waals surface area contributed by atoms with Crippen molar-refractivity contribution in [3.05, 3.63) is 0 Å². The van der Waals surface area contributed by atoms with Gasteiger partial charge < -0.3 is 14.6 Å². The Balaban J connectivity index is 3.34. The summed E-state index contributed by atoms with van der Waals surface area (Å²) >= 11 is 0. The van der Waals surface area contributed by atoms with Gasteiger partial charge >= 0.3 is 5.97 Å². The molecule has 0 aromatic carbocycles. The molecule has 0 spiro atoms. The smallest absolute Gasteiger partial charge is 0.335 e. The zero-order valence-electron chi connectivity index (χ0n) is 17.1. The average Bonchev–Trinajstić information content (AvgIpc) is 2.54. The minimum atomic E-state index is -1.07. The first-order valence-corrected chi connectivity index (χ1v) is 10.4. The number of esters is 1. The van der Waals surface area contributed by atoms with E-state index >= 15 is 0 Å². The molecule has 4 heteroatoms. The van der Waals surface area contributed by atoms with E-state index in [1.165, 1.54) is 71.1 Å². The summed E-state index contributed by atoms with van der Waals surface area (Å²) in [7, 11) is 0. The molecule has 0 rings (SSSR count). The van der Waals surface area contributed by atoms with Crippen molar-refractivity contribution in [2.45, 2.75) is 116 Å². The lowest BCUT2D eigenvalue weighted by Crippen LogP contribution is -2.33. The van der Waals surface area contributed by atoms with Crippen LogP contribution in [0, 0.1) is 0 Å². The van der Waals surface area contributed by atoms with E-state index in [9.17, 15) is 9.90 Å². The van der Waals surface area contributed by atoms with Crippen molar-refractivity contribution in [2.75, 3.05) is 13.2 Å². The number of aliphatic hydroxyl groups excluding tert-OH is 1. The third kappa shape index (κ3) is 16.6. The molecule has 4 nitrogen and oxygen atoms in total. The van der Waals surface area contributed by atoms with E-state index in [1.807, 2.05) is 13.8 Å². The summed E-state index contributed by atoms with van der Waals surface area (Å²) in [5.74, 6) is -0.574. The normalized spacial score (nSPS) is 13.0. The molecule has 0 fully saturated rings. The number of aliphatic hydroxyl groups is 1. The van der Waals surface area contributed by atoms with Gasteiger partial charge in [0.25, 0.3) is 0 Å². The molecule has 0 saturated carbocycles. The summed E-state index contributed by atoms with van der Waals surface area (Å²) in [6, 6.07) is 0. The molecule has 0 aliphatic rings. The number of carbonyl (C=O) groups is 1. The molecule has 0 saturated heterocycles. The first kappa shape index (κ1) is 24.4. The topological polar surface area (TPSA) is 55.8 Å². The predicted octanol–water partition coefficient (Wildman–Crippen LogP) is 5.41. The number of hydrogen-bond donors (Lipinski definition) is 1. The van der Waals surface area contributed by atoms with E-state index in [1.54, 1.807) is 0 Å². The second-order valence-electron chi connectivity index (χ2n) is 7.75. The molecule has 1 atom stereocenters. The lowest BCUT2D eigenvalue weighted by atomic mass is 10.1. The van der Waals surface area contributed by atoms with Gasteiger partial charge in [-0.15, -0.1) is 0 Å². The molecular formula is C21H42O4. The SMILES string of the molecule is CCCCCCCCCCCCCOCCC(C)(C)OC(=O)[C@H](C)O. The van der Waals surface area contributed by atoms with Crippen molar-refractivity contribution in [1.29, 1.82) is 0 Å². The Morgan fingerprint density at radius 2 is 1.36 bits per heavy atom. The maximum Gasteiger partial charge on any atom is 0.335 e. The lowest BCUT2D eigenvalue weighted by Gasteiger charge is -2.25. The van der Waals surface area contributed by atoms with E-state index in [0.29, 0.717) is 13.0 Å². The summed E-state index contributed by atoms with van der Waals surface area (Å²) < 4.78 is 10.9. The van der Waals surface area contributed by atoms with Crippen LogP contribution < -0.4 is 0 Å². The van der Waals surface area contributed by atoms with Gasteiger partial charge in [0, 0.05) is 13.0 Å². The van der Waals surface area contributed by atoms with Crippen LogP contribution >= 0.6 is 0 Å². The van der Waals surface area contributed by atoms with Gasteiger partial charge in [-0.1, -0.05) is 71.1 Å². The Morgan fingerprint density at radius 1 is 0.880 bits per heavy atom. The Bertz CT molecular complexity index is 313. The Kier molecular flexibility index (Phi) is 15.2. The van der Waals surface area contributed by atoms with Crippen molar-refractivity contribution < 1.29 is 19.4 Å². The maximum absolute atomic E-state index is 11.4. The zero-order valence-corrected chi connectivity index (χ0v) is 17.1. The summed E-state index contributed by atoms with van der Waals surface area (Å²) in [5, 5.41) is 9.17. The van der Waals surface area contributed by atoms with Crippen molar-refractivity contribution in [3.63, 3.8) is 0 Å². The minimum Gasteiger partial charge on any atom is -0.458 e. The van der Waals surface area contributed by atoms with Crippen LogP contribution in [-0.4, -0.2) is 36.0 Å².